The minimum Gasteiger partial charge on any atom is -0.550 e. The Bertz CT molecular complexity index is 769. The van der Waals surface area contributed by atoms with E-state index >= 15 is 0 Å². The van der Waals surface area contributed by atoms with Gasteiger partial charge in [0, 0.05) is 24.1 Å². The Morgan fingerprint density at radius 1 is 0.677 bits per heavy atom. The molecule has 0 bridgehead atoms. The molecule has 0 radical (unpaired) electrons. The number of hydrogen-bond donors (Lipinski definition) is 0. The molecule has 0 heterocycles. The van der Waals surface area contributed by atoms with E-state index in [9.17, 15) is 19.8 Å². The van der Waals surface area contributed by atoms with Gasteiger partial charge in [-0.3, -0.25) is 0 Å². The second-order valence-electron chi connectivity index (χ2n) is 6.10. The van der Waals surface area contributed by atoms with Crippen LogP contribution in [-0.2, 0) is 50.1 Å². The van der Waals surface area contributed by atoms with Crippen LogP contribution in [0.15, 0.2) is 36.4 Å². The van der Waals surface area contributed by atoms with Crippen LogP contribution in [-0.4, -0.2) is 40.4 Å². The smallest absolute Gasteiger partial charge is 0.550 e. The number of carboxylic acids is 2. The molecule has 0 amide bonds. The Labute approximate surface area is 202 Å². The van der Waals surface area contributed by atoms with E-state index in [1.807, 2.05) is 0 Å². The normalized spacial score (nSPS) is 9.42. The molecule has 2 aromatic rings. The maximum atomic E-state index is 10.3. The summed E-state index contributed by atoms with van der Waals surface area (Å²) in [6.07, 6.45) is 0.774. The monoisotopic (exact) mass is 620 g/mol. The first-order valence-electron chi connectivity index (χ1n) is 9.16. The van der Waals surface area contributed by atoms with Crippen LogP contribution >= 0.6 is 0 Å². The molecule has 0 aliphatic heterocycles. The zero-order valence-electron chi connectivity index (χ0n) is 18.3. The van der Waals surface area contributed by atoms with Gasteiger partial charge in [0.25, 0.3) is 0 Å². The molecule has 9 heteroatoms. The molecular weight excluding hydrogens is 593 g/mol. The molecule has 0 saturated carbocycles. The Morgan fingerprint density at radius 2 is 1.03 bits per heavy atom. The van der Waals surface area contributed by atoms with Crippen LogP contribution < -0.4 is 29.2 Å². The van der Waals surface area contributed by atoms with Crippen LogP contribution in [0.5, 0.6) is 23.0 Å². The predicted octanol–water partition coefficient (Wildman–Crippen LogP) is 0.770. The molecule has 0 N–H and O–H groups in total. The minimum atomic E-state index is -1.06. The van der Waals surface area contributed by atoms with E-state index in [0.29, 0.717) is 35.8 Å². The fourth-order valence-electron chi connectivity index (χ4n) is 2.59. The SMILES string of the molecule is COc1ccc(CCC(=O)[O-])c(OC)c1.COc1ccc(CCC(=O)[O-])c(OC)c1.[Hg+2]. The Morgan fingerprint density at radius 3 is 1.29 bits per heavy atom. The molecule has 31 heavy (non-hydrogen) atoms. The van der Waals surface area contributed by atoms with Gasteiger partial charge in [-0.25, -0.2) is 0 Å². The van der Waals surface area contributed by atoms with E-state index in [2.05, 4.69) is 0 Å². The Balaban J connectivity index is 0.000000562. The van der Waals surface area contributed by atoms with Gasteiger partial charge >= 0.3 is 27.7 Å². The molecule has 0 aromatic heterocycles. The summed E-state index contributed by atoms with van der Waals surface area (Å²) in [6, 6.07) is 10.6. The van der Waals surface area contributed by atoms with Crippen molar-refractivity contribution in [3.05, 3.63) is 47.5 Å². The predicted molar refractivity (Wildman–Crippen MR) is 106 cm³/mol. The van der Waals surface area contributed by atoms with E-state index in [1.165, 1.54) is 14.2 Å². The molecule has 8 nitrogen and oxygen atoms in total. The molecule has 0 aliphatic rings. The zero-order valence-corrected chi connectivity index (χ0v) is 23.8. The number of carboxylic acid groups (broad SMARTS) is 2. The minimum absolute atomic E-state index is 0. The number of aliphatic carboxylic acids is 2. The van der Waals surface area contributed by atoms with Gasteiger partial charge in [0.15, 0.2) is 0 Å². The first kappa shape index (κ1) is 28.5. The topological polar surface area (TPSA) is 117 Å². The van der Waals surface area contributed by atoms with Gasteiger partial charge in [0.1, 0.15) is 23.0 Å². The van der Waals surface area contributed by atoms with Gasteiger partial charge in [0.05, 0.1) is 28.4 Å². The second-order valence-corrected chi connectivity index (χ2v) is 6.10. The summed E-state index contributed by atoms with van der Waals surface area (Å²) in [5, 5.41) is 20.6. The maximum absolute atomic E-state index is 10.3. The molecule has 0 aliphatic carbocycles. The number of carbonyl (C=O) groups excluding carboxylic acids is 2. The summed E-state index contributed by atoms with van der Waals surface area (Å²) >= 11 is 0. The summed E-state index contributed by atoms with van der Waals surface area (Å²) in [5.41, 5.74) is 1.67. The van der Waals surface area contributed by atoms with E-state index < -0.39 is 11.9 Å². The third-order valence-corrected chi connectivity index (χ3v) is 4.19. The molecule has 164 valence electrons. The van der Waals surface area contributed by atoms with Gasteiger partial charge in [-0.05, 0) is 48.9 Å². The van der Waals surface area contributed by atoms with Crippen molar-refractivity contribution in [3.8, 4) is 23.0 Å². The summed E-state index contributed by atoms with van der Waals surface area (Å²) in [5.74, 6) is 0.514. The quantitative estimate of drug-likeness (QED) is 0.359. The fourth-order valence-corrected chi connectivity index (χ4v) is 2.59. The largest absolute Gasteiger partial charge is 2.00 e. The number of methoxy groups -OCH3 is 4. The average molecular weight is 619 g/mol. The van der Waals surface area contributed by atoms with Crippen molar-refractivity contribution in [2.45, 2.75) is 25.7 Å². The van der Waals surface area contributed by atoms with Gasteiger partial charge < -0.3 is 38.7 Å². The molecule has 2 aromatic carbocycles. The second kappa shape index (κ2) is 15.3. The van der Waals surface area contributed by atoms with Crippen molar-refractivity contribution in [2.24, 2.45) is 0 Å². The molecular formula is C22H26HgO8. The van der Waals surface area contributed by atoms with Crippen LogP contribution in [0.1, 0.15) is 24.0 Å². The number of rotatable bonds is 10. The van der Waals surface area contributed by atoms with Crippen molar-refractivity contribution in [3.63, 3.8) is 0 Å². The van der Waals surface area contributed by atoms with Crippen molar-refractivity contribution in [1.82, 2.24) is 0 Å². The number of hydrogen-bond acceptors (Lipinski definition) is 8. The molecule has 0 spiro atoms. The summed E-state index contributed by atoms with van der Waals surface area (Å²) in [4.78, 5) is 20.6. The van der Waals surface area contributed by atoms with E-state index in [4.69, 9.17) is 18.9 Å². The molecule has 2 rings (SSSR count). The van der Waals surface area contributed by atoms with Gasteiger partial charge in [-0.2, -0.15) is 0 Å². The third kappa shape index (κ3) is 10.4. The van der Waals surface area contributed by atoms with Crippen molar-refractivity contribution >= 4 is 11.9 Å². The summed E-state index contributed by atoms with van der Waals surface area (Å²) in [6.45, 7) is 0. The standard InChI is InChI=1S/2C11H14O4.Hg/c2*1-14-9-5-3-8(4-6-11(12)13)10(7-9)15-2;/h2*3,5,7H,4,6H2,1-2H3,(H,12,13);/q;;+2/p-2. The number of aryl methyl sites for hydroxylation is 2. The van der Waals surface area contributed by atoms with Crippen LogP contribution in [0, 0.1) is 0 Å². The third-order valence-electron chi connectivity index (χ3n) is 4.19. The molecule has 0 saturated heterocycles. The van der Waals surface area contributed by atoms with E-state index in [0.717, 1.165) is 11.1 Å². The molecule has 0 unspecified atom stereocenters. The average Bonchev–Trinajstić information content (AvgIpc) is 2.76. The van der Waals surface area contributed by atoms with E-state index in [-0.39, 0.29) is 40.5 Å². The van der Waals surface area contributed by atoms with Crippen molar-refractivity contribution in [1.29, 1.82) is 0 Å². The Hall–Kier alpha value is -2.48. The van der Waals surface area contributed by atoms with Gasteiger partial charge in [-0.1, -0.05) is 12.1 Å². The van der Waals surface area contributed by atoms with E-state index in [1.54, 1.807) is 50.6 Å². The molecule has 0 atom stereocenters. The van der Waals surface area contributed by atoms with Crippen LogP contribution in [0.4, 0.5) is 0 Å². The van der Waals surface area contributed by atoms with Gasteiger partial charge in [0.2, 0.25) is 0 Å². The maximum Gasteiger partial charge on any atom is 2.00 e. The molecule has 0 fully saturated rings. The summed E-state index contributed by atoms with van der Waals surface area (Å²) < 4.78 is 20.3. The first-order valence-corrected chi connectivity index (χ1v) is 9.16. The van der Waals surface area contributed by atoms with Crippen molar-refractivity contribution in [2.75, 3.05) is 28.4 Å². The summed E-state index contributed by atoms with van der Waals surface area (Å²) in [7, 11) is 6.21. The van der Waals surface area contributed by atoms with Crippen LogP contribution in [0.3, 0.4) is 0 Å². The first-order chi connectivity index (χ1) is 14.3. The van der Waals surface area contributed by atoms with Crippen molar-refractivity contribution < 1.29 is 66.4 Å². The number of benzene rings is 2. The number of ether oxygens (including phenoxy) is 4. The Kier molecular flexibility index (Phi) is 14.1. The number of carbonyl (C=O) groups is 2. The zero-order chi connectivity index (χ0) is 22.5. The van der Waals surface area contributed by atoms with Crippen LogP contribution in [0.25, 0.3) is 0 Å². The van der Waals surface area contributed by atoms with Gasteiger partial charge in [-0.15, -0.1) is 0 Å². The van der Waals surface area contributed by atoms with Crippen LogP contribution in [0.2, 0.25) is 0 Å². The fraction of sp³-hybridized carbons (Fsp3) is 0.364.